The molecule has 0 radical (unpaired) electrons. The lowest BCUT2D eigenvalue weighted by molar-refractivity contribution is 1.07. The molecule has 0 amide bonds. The van der Waals surface area contributed by atoms with Gasteiger partial charge in [0.2, 0.25) is 0 Å². The SMILES string of the molecule is c1ccc(-c2nc(-c3cccc4ccccc34)nc(-c3cccc4c5ccccc5n(-c5cccc6c7ccccc7n(-c7cccc8ccccc78)c56)c34)n2)cc1. The van der Waals surface area contributed by atoms with Crippen LogP contribution in [0.3, 0.4) is 0 Å². The molecule has 0 saturated heterocycles. The van der Waals surface area contributed by atoms with Gasteiger partial charge in [-0.05, 0) is 46.5 Å². The fraction of sp³-hybridized carbons (Fsp3) is 0. The third kappa shape index (κ3) is 4.87. The van der Waals surface area contributed by atoms with Crippen molar-refractivity contribution >= 4 is 65.2 Å². The van der Waals surface area contributed by atoms with Crippen LogP contribution in [-0.2, 0) is 0 Å². The molecule has 3 heterocycles. The summed E-state index contributed by atoms with van der Waals surface area (Å²) in [5.74, 6) is 1.89. The van der Waals surface area contributed by atoms with Gasteiger partial charge in [-0.15, -0.1) is 0 Å². The molecule has 5 nitrogen and oxygen atoms in total. The lowest BCUT2D eigenvalue weighted by atomic mass is 10.0. The summed E-state index contributed by atoms with van der Waals surface area (Å²) in [5, 5.41) is 9.33. The second kappa shape index (κ2) is 12.8. The standard InChI is InChI=1S/C53H33N5/c1-2-18-36(19-3-1)51-54-52(43-28-12-20-34-16-4-6-22-37(34)43)56-53(55-51)44-29-14-26-41-39-24-8-11-31-47(39)58(49(41)44)48-33-15-27-42-40-25-9-10-30-46(40)57(50(42)48)45-32-13-21-35-17-5-7-23-38(35)45/h1-33H. The first kappa shape index (κ1) is 32.4. The lowest BCUT2D eigenvalue weighted by Gasteiger charge is -2.17. The molecule has 12 rings (SSSR count). The van der Waals surface area contributed by atoms with Crippen molar-refractivity contribution in [1.82, 2.24) is 24.1 Å². The first-order valence-corrected chi connectivity index (χ1v) is 19.6. The van der Waals surface area contributed by atoms with E-state index in [0.717, 1.165) is 71.7 Å². The number of hydrogen-bond donors (Lipinski definition) is 0. The molecule has 0 aliphatic carbocycles. The Morgan fingerprint density at radius 2 is 0.724 bits per heavy atom. The van der Waals surface area contributed by atoms with E-state index in [1.54, 1.807) is 0 Å². The molecular formula is C53H33N5. The molecular weight excluding hydrogens is 707 g/mol. The fourth-order valence-electron chi connectivity index (χ4n) is 9.04. The van der Waals surface area contributed by atoms with Gasteiger partial charge in [-0.3, -0.25) is 0 Å². The molecule has 0 aliphatic rings. The lowest BCUT2D eigenvalue weighted by Crippen LogP contribution is -2.04. The second-order valence-corrected chi connectivity index (χ2v) is 14.8. The maximum atomic E-state index is 5.36. The molecule has 0 N–H and O–H groups in total. The Hall–Kier alpha value is -7.89. The van der Waals surface area contributed by atoms with Crippen molar-refractivity contribution in [2.75, 3.05) is 0 Å². The topological polar surface area (TPSA) is 48.5 Å². The normalized spacial score (nSPS) is 11.8. The molecule has 5 heteroatoms. The van der Waals surface area contributed by atoms with Crippen LogP contribution >= 0.6 is 0 Å². The van der Waals surface area contributed by atoms with Crippen LogP contribution in [-0.4, -0.2) is 24.1 Å². The van der Waals surface area contributed by atoms with E-state index in [1.807, 2.05) is 18.2 Å². The molecule has 58 heavy (non-hydrogen) atoms. The van der Waals surface area contributed by atoms with Crippen molar-refractivity contribution in [1.29, 1.82) is 0 Å². The zero-order chi connectivity index (χ0) is 38.2. The summed E-state index contributed by atoms with van der Waals surface area (Å²) in [6, 6.07) is 70.9. The van der Waals surface area contributed by atoms with Gasteiger partial charge in [0.25, 0.3) is 0 Å². The van der Waals surface area contributed by atoms with Gasteiger partial charge in [0, 0.05) is 43.6 Å². The van der Waals surface area contributed by atoms with E-state index < -0.39 is 0 Å². The molecule has 0 bridgehead atoms. The highest BCUT2D eigenvalue weighted by Gasteiger charge is 2.24. The average molecular weight is 740 g/mol. The number of nitrogens with zero attached hydrogens (tertiary/aromatic N) is 5. The van der Waals surface area contributed by atoms with Crippen molar-refractivity contribution in [2.24, 2.45) is 0 Å². The van der Waals surface area contributed by atoms with E-state index in [9.17, 15) is 0 Å². The molecule has 3 aromatic heterocycles. The molecule has 0 fully saturated rings. The summed E-state index contributed by atoms with van der Waals surface area (Å²) in [7, 11) is 0. The van der Waals surface area contributed by atoms with Crippen LogP contribution in [0.5, 0.6) is 0 Å². The Balaban J connectivity index is 1.21. The Morgan fingerprint density at radius 1 is 0.276 bits per heavy atom. The van der Waals surface area contributed by atoms with E-state index in [2.05, 4.69) is 191 Å². The van der Waals surface area contributed by atoms with Gasteiger partial charge in [-0.1, -0.05) is 170 Å². The van der Waals surface area contributed by atoms with Gasteiger partial charge in [0.05, 0.1) is 33.4 Å². The number of fused-ring (bicyclic) bond motifs is 8. The van der Waals surface area contributed by atoms with Crippen molar-refractivity contribution in [3.05, 3.63) is 200 Å². The van der Waals surface area contributed by atoms with Crippen molar-refractivity contribution in [3.63, 3.8) is 0 Å². The summed E-state index contributed by atoms with van der Waals surface area (Å²) in [6.07, 6.45) is 0. The third-order valence-electron chi connectivity index (χ3n) is 11.6. The van der Waals surface area contributed by atoms with Gasteiger partial charge in [-0.2, -0.15) is 0 Å². The van der Waals surface area contributed by atoms with Gasteiger partial charge in [-0.25, -0.2) is 15.0 Å². The van der Waals surface area contributed by atoms with Crippen LogP contribution in [0.1, 0.15) is 0 Å². The number of hydrogen-bond acceptors (Lipinski definition) is 3. The number of aromatic nitrogens is 5. The predicted molar refractivity (Wildman–Crippen MR) is 240 cm³/mol. The van der Waals surface area contributed by atoms with Gasteiger partial charge >= 0.3 is 0 Å². The van der Waals surface area contributed by atoms with Crippen LogP contribution < -0.4 is 0 Å². The molecule has 12 aromatic rings. The minimum atomic E-state index is 0.619. The van der Waals surface area contributed by atoms with Crippen LogP contribution in [0.4, 0.5) is 0 Å². The van der Waals surface area contributed by atoms with Crippen LogP contribution in [0, 0.1) is 0 Å². The summed E-state index contributed by atoms with van der Waals surface area (Å²) in [5.41, 5.74) is 9.50. The Labute approximate surface area is 333 Å². The van der Waals surface area contributed by atoms with E-state index in [0.29, 0.717) is 17.5 Å². The molecule has 0 aliphatic heterocycles. The highest BCUT2D eigenvalue weighted by molar-refractivity contribution is 6.17. The molecule has 270 valence electrons. The summed E-state index contributed by atoms with van der Waals surface area (Å²) in [6.45, 7) is 0. The maximum Gasteiger partial charge on any atom is 0.166 e. The average Bonchev–Trinajstić information content (AvgIpc) is 3.82. The number of benzene rings is 9. The highest BCUT2D eigenvalue weighted by Crippen LogP contribution is 2.43. The van der Waals surface area contributed by atoms with Crippen molar-refractivity contribution in [3.8, 4) is 45.5 Å². The fourth-order valence-corrected chi connectivity index (χ4v) is 9.04. The van der Waals surface area contributed by atoms with Gasteiger partial charge in [0.1, 0.15) is 0 Å². The number of para-hydroxylation sites is 4. The molecule has 0 spiro atoms. The molecule has 0 unspecified atom stereocenters. The predicted octanol–water partition coefficient (Wildman–Crippen LogP) is 13.4. The largest absolute Gasteiger partial charge is 0.307 e. The minimum absolute atomic E-state index is 0.619. The third-order valence-corrected chi connectivity index (χ3v) is 11.6. The second-order valence-electron chi connectivity index (χ2n) is 14.8. The smallest absolute Gasteiger partial charge is 0.166 e. The Morgan fingerprint density at radius 3 is 1.47 bits per heavy atom. The van der Waals surface area contributed by atoms with Crippen LogP contribution in [0.2, 0.25) is 0 Å². The quantitative estimate of drug-likeness (QED) is 0.177. The van der Waals surface area contributed by atoms with Gasteiger partial charge < -0.3 is 9.13 Å². The first-order valence-electron chi connectivity index (χ1n) is 19.6. The van der Waals surface area contributed by atoms with E-state index >= 15 is 0 Å². The van der Waals surface area contributed by atoms with Crippen LogP contribution in [0.25, 0.3) is 111 Å². The highest BCUT2D eigenvalue weighted by atomic mass is 15.1. The monoisotopic (exact) mass is 739 g/mol. The van der Waals surface area contributed by atoms with E-state index in [1.165, 1.54) is 21.5 Å². The van der Waals surface area contributed by atoms with Crippen LogP contribution in [0.15, 0.2) is 200 Å². The van der Waals surface area contributed by atoms with Gasteiger partial charge in [0.15, 0.2) is 17.5 Å². The first-order chi connectivity index (χ1) is 28.8. The van der Waals surface area contributed by atoms with Crippen molar-refractivity contribution in [2.45, 2.75) is 0 Å². The molecule has 0 atom stereocenters. The van der Waals surface area contributed by atoms with Crippen molar-refractivity contribution < 1.29 is 0 Å². The Bertz CT molecular complexity index is 3570. The summed E-state index contributed by atoms with van der Waals surface area (Å²) in [4.78, 5) is 15.8. The van der Waals surface area contributed by atoms with E-state index in [-0.39, 0.29) is 0 Å². The Kier molecular flexibility index (Phi) is 7.16. The summed E-state index contributed by atoms with van der Waals surface area (Å²) >= 11 is 0. The zero-order valence-electron chi connectivity index (χ0n) is 31.3. The maximum absolute atomic E-state index is 5.36. The molecule has 9 aromatic carbocycles. The summed E-state index contributed by atoms with van der Waals surface area (Å²) < 4.78 is 4.90. The zero-order valence-corrected chi connectivity index (χ0v) is 31.3. The number of rotatable bonds is 5. The molecule has 0 saturated carbocycles. The minimum Gasteiger partial charge on any atom is -0.307 e. The van der Waals surface area contributed by atoms with E-state index in [4.69, 9.17) is 15.0 Å².